The van der Waals surface area contributed by atoms with E-state index in [0.717, 1.165) is 24.3 Å². The number of nitrogens with one attached hydrogen (secondary N) is 1. The number of aryl methyl sites for hydroxylation is 1. The number of nitrogens with zero attached hydrogens (tertiary/aromatic N) is 2. The largest absolute Gasteiger partial charge is 0.497 e. The van der Waals surface area contributed by atoms with Crippen LogP contribution < -0.4 is 20.7 Å². The zero-order valence-corrected chi connectivity index (χ0v) is 12.2. The molecule has 3 N–H and O–H groups in total. The second-order valence-corrected chi connectivity index (χ2v) is 4.59. The Morgan fingerprint density at radius 1 is 1.14 bits per heavy atom. The van der Waals surface area contributed by atoms with Crippen molar-refractivity contribution in [2.45, 2.75) is 18.9 Å². The van der Waals surface area contributed by atoms with Crippen molar-refractivity contribution in [1.82, 2.24) is 15.4 Å². The number of rotatable bonds is 7. The van der Waals surface area contributed by atoms with Crippen molar-refractivity contribution in [3.05, 3.63) is 47.9 Å². The average molecular weight is 288 g/mol. The van der Waals surface area contributed by atoms with Crippen molar-refractivity contribution in [1.29, 1.82) is 0 Å². The van der Waals surface area contributed by atoms with Crippen LogP contribution in [0.5, 0.6) is 11.6 Å². The molecule has 6 nitrogen and oxygen atoms in total. The second-order valence-electron chi connectivity index (χ2n) is 4.59. The molecular formula is C15H20N4O2. The van der Waals surface area contributed by atoms with E-state index in [2.05, 4.69) is 15.4 Å². The quantitative estimate of drug-likeness (QED) is 0.595. The standard InChI is InChI=1S/C15H20N4O2/c1-20-12-6-3-11(4-7-12)5-8-13(19-16)14-9-15(21-2)18-10-17-14/h3-4,6-7,9-10,13,19H,5,8,16H2,1-2H3. The Kier molecular flexibility index (Phi) is 5.48. The normalized spacial score (nSPS) is 12.0. The molecule has 1 heterocycles. The zero-order chi connectivity index (χ0) is 15.1. The van der Waals surface area contributed by atoms with E-state index in [1.165, 1.54) is 11.9 Å². The Morgan fingerprint density at radius 3 is 2.52 bits per heavy atom. The van der Waals surface area contributed by atoms with Crippen LogP contribution in [-0.2, 0) is 6.42 Å². The summed E-state index contributed by atoms with van der Waals surface area (Å²) in [7, 11) is 3.24. The minimum atomic E-state index is -0.0519. The van der Waals surface area contributed by atoms with E-state index >= 15 is 0 Å². The molecule has 21 heavy (non-hydrogen) atoms. The van der Waals surface area contributed by atoms with Crippen molar-refractivity contribution in [2.24, 2.45) is 5.84 Å². The first-order valence-electron chi connectivity index (χ1n) is 6.71. The van der Waals surface area contributed by atoms with Gasteiger partial charge in [-0.15, -0.1) is 0 Å². The van der Waals surface area contributed by atoms with Gasteiger partial charge in [-0.1, -0.05) is 12.1 Å². The Labute approximate surface area is 124 Å². The first-order chi connectivity index (χ1) is 10.3. The molecule has 2 aromatic rings. The minimum absolute atomic E-state index is 0.0519. The summed E-state index contributed by atoms with van der Waals surface area (Å²) in [6.07, 6.45) is 3.18. The van der Waals surface area contributed by atoms with Crippen LogP contribution in [0.25, 0.3) is 0 Å². The van der Waals surface area contributed by atoms with E-state index in [9.17, 15) is 0 Å². The molecule has 0 saturated carbocycles. The lowest BCUT2D eigenvalue weighted by molar-refractivity contribution is 0.393. The second kappa shape index (κ2) is 7.56. The third-order valence-electron chi connectivity index (χ3n) is 3.31. The van der Waals surface area contributed by atoms with Crippen LogP contribution in [0, 0.1) is 0 Å². The summed E-state index contributed by atoms with van der Waals surface area (Å²) in [5, 5.41) is 0. The van der Waals surface area contributed by atoms with Gasteiger partial charge in [-0.3, -0.25) is 11.3 Å². The molecule has 6 heteroatoms. The Bertz CT molecular complexity index is 560. The molecule has 1 atom stereocenters. The predicted octanol–water partition coefficient (Wildman–Crippen LogP) is 1.63. The maximum absolute atomic E-state index is 5.63. The molecular weight excluding hydrogens is 268 g/mol. The summed E-state index contributed by atoms with van der Waals surface area (Å²) in [6.45, 7) is 0. The molecule has 0 aliphatic carbocycles. The van der Waals surface area contributed by atoms with Gasteiger partial charge >= 0.3 is 0 Å². The highest BCUT2D eigenvalue weighted by atomic mass is 16.5. The summed E-state index contributed by atoms with van der Waals surface area (Å²) in [4.78, 5) is 8.24. The fourth-order valence-corrected chi connectivity index (χ4v) is 2.08. The highest BCUT2D eigenvalue weighted by Crippen LogP contribution is 2.20. The van der Waals surface area contributed by atoms with E-state index in [4.69, 9.17) is 15.3 Å². The van der Waals surface area contributed by atoms with Crippen LogP contribution in [0.3, 0.4) is 0 Å². The molecule has 0 aliphatic rings. The van der Waals surface area contributed by atoms with Crippen LogP contribution >= 0.6 is 0 Å². The number of hydrogen-bond donors (Lipinski definition) is 2. The third-order valence-corrected chi connectivity index (χ3v) is 3.31. The molecule has 112 valence electrons. The van der Waals surface area contributed by atoms with Crippen molar-refractivity contribution in [3.8, 4) is 11.6 Å². The lowest BCUT2D eigenvalue weighted by Crippen LogP contribution is -2.29. The molecule has 1 aromatic heterocycles. The molecule has 0 aliphatic heterocycles. The lowest BCUT2D eigenvalue weighted by atomic mass is 10.0. The fourth-order valence-electron chi connectivity index (χ4n) is 2.08. The molecule has 0 radical (unpaired) electrons. The lowest BCUT2D eigenvalue weighted by Gasteiger charge is -2.15. The highest BCUT2D eigenvalue weighted by Gasteiger charge is 2.12. The van der Waals surface area contributed by atoms with Gasteiger partial charge in [0.05, 0.1) is 26.0 Å². The number of aromatic nitrogens is 2. The predicted molar refractivity (Wildman–Crippen MR) is 80.0 cm³/mol. The molecule has 1 aromatic carbocycles. The van der Waals surface area contributed by atoms with Crippen molar-refractivity contribution in [2.75, 3.05) is 14.2 Å². The number of hydrazine groups is 1. The molecule has 2 rings (SSSR count). The van der Waals surface area contributed by atoms with Gasteiger partial charge in [0.15, 0.2) is 0 Å². The monoisotopic (exact) mass is 288 g/mol. The number of benzene rings is 1. The van der Waals surface area contributed by atoms with Gasteiger partial charge in [0.1, 0.15) is 12.1 Å². The van der Waals surface area contributed by atoms with E-state index in [0.29, 0.717) is 5.88 Å². The van der Waals surface area contributed by atoms with Gasteiger partial charge < -0.3 is 9.47 Å². The smallest absolute Gasteiger partial charge is 0.216 e. The zero-order valence-electron chi connectivity index (χ0n) is 12.2. The van der Waals surface area contributed by atoms with E-state index in [-0.39, 0.29) is 6.04 Å². The SMILES string of the molecule is COc1ccc(CCC(NN)c2cc(OC)ncn2)cc1. The maximum atomic E-state index is 5.63. The summed E-state index contributed by atoms with van der Waals surface area (Å²) in [5.41, 5.74) is 4.83. The minimum Gasteiger partial charge on any atom is -0.497 e. The Balaban J connectivity index is 2.01. The summed E-state index contributed by atoms with van der Waals surface area (Å²) >= 11 is 0. The molecule has 0 amide bonds. The first-order valence-corrected chi connectivity index (χ1v) is 6.71. The number of methoxy groups -OCH3 is 2. The van der Waals surface area contributed by atoms with Crippen LogP contribution in [0.15, 0.2) is 36.7 Å². The van der Waals surface area contributed by atoms with E-state index < -0.39 is 0 Å². The van der Waals surface area contributed by atoms with Crippen molar-refractivity contribution >= 4 is 0 Å². The van der Waals surface area contributed by atoms with Crippen molar-refractivity contribution < 1.29 is 9.47 Å². The topological polar surface area (TPSA) is 82.3 Å². The number of nitrogens with two attached hydrogens (primary N) is 1. The van der Waals surface area contributed by atoms with Gasteiger partial charge in [0.2, 0.25) is 5.88 Å². The van der Waals surface area contributed by atoms with Gasteiger partial charge in [-0.25, -0.2) is 9.97 Å². The van der Waals surface area contributed by atoms with Gasteiger partial charge in [-0.2, -0.15) is 0 Å². The molecule has 0 fully saturated rings. The molecule has 0 spiro atoms. The molecule has 1 unspecified atom stereocenters. The number of ether oxygens (including phenoxy) is 2. The van der Waals surface area contributed by atoms with Gasteiger partial charge in [-0.05, 0) is 30.5 Å². The average Bonchev–Trinajstić information content (AvgIpc) is 2.56. The summed E-state index contributed by atoms with van der Waals surface area (Å²) in [6, 6.07) is 9.74. The summed E-state index contributed by atoms with van der Waals surface area (Å²) in [5.74, 6) is 7.02. The maximum Gasteiger partial charge on any atom is 0.216 e. The van der Waals surface area contributed by atoms with Crippen LogP contribution in [0.1, 0.15) is 23.7 Å². The molecule has 0 saturated heterocycles. The van der Waals surface area contributed by atoms with Crippen LogP contribution in [0.2, 0.25) is 0 Å². The van der Waals surface area contributed by atoms with Crippen LogP contribution in [0.4, 0.5) is 0 Å². The van der Waals surface area contributed by atoms with E-state index in [1.54, 1.807) is 20.3 Å². The third kappa shape index (κ3) is 4.14. The van der Waals surface area contributed by atoms with Gasteiger partial charge in [0.25, 0.3) is 0 Å². The Morgan fingerprint density at radius 2 is 1.90 bits per heavy atom. The fraction of sp³-hybridized carbons (Fsp3) is 0.333. The Hall–Kier alpha value is -2.18. The van der Waals surface area contributed by atoms with Gasteiger partial charge in [0, 0.05) is 6.07 Å². The summed E-state index contributed by atoms with van der Waals surface area (Å²) < 4.78 is 10.3. The van der Waals surface area contributed by atoms with Crippen LogP contribution in [-0.4, -0.2) is 24.2 Å². The number of hydrogen-bond acceptors (Lipinski definition) is 6. The van der Waals surface area contributed by atoms with E-state index in [1.807, 2.05) is 24.3 Å². The highest BCUT2D eigenvalue weighted by molar-refractivity contribution is 5.27. The molecule has 0 bridgehead atoms. The first kappa shape index (κ1) is 15.2. The van der Waals surface area contributed by atoms with Crippen molar-refractivity contribution in [3.63, 3.8) is 0 Å².